The van der Waals surface area contributed by atoms with Gasteiger partial charge in [-0.2, -0.15) is 4.98 Å². The maximum absolute atomic E-state index is 13.3. The number of hydrogen-bond donors (Lipinski definition) is 1. The topological polar surface area (TPSA) is 90.1 Å². The van der Waals surface area contributed by atoms with Gasteiger partial charge in [-0.05, 0) is 48.7 Å². The smallest absolute Gasteiger partial charge is 0.278 e. The van der Waals surface area contributed by atoms with Gasteiger partial charge >= 0.3 is 0 Å². The van der Waals surface area contributed by atoms with Gasteiger partial charge in [0, 0.05) is 36.1 Å². The zero-order chi connectivity index (χ0) is 25.6. The zero-order valence-electron chi connectivity index (χ0n) is 21.3. The van der Waals surface area contributed by atoms with Crippen molar-refractivity contribution in [3.05, 3.63) is 76.9 Å². The number of anilines is 3. The summed E-state index contributed by atoms with van der Waals surface area (Å²) in [5, 5.41) is 3.73. The second-order valence-corrected chi connectivity index (χ2v) is 10.3. The number of allylic oxidation sites excluding steroid dienone is 1. The minimum Gasteiger partial charge on any atom is -0.378 e. The lowest BCUT2D eigenvalue weighted by Crippen LogP contribution is -2.36. The van der Waals surface area contributed by atoms with Crippen molar-refractivity contribution in [2.75, 3.05) is 36.5 Å². The second kappa shape index (κ2) is 9.15. The molecule has 0 unspecified atom stereocenters. The number of ether oxygens (including phenoxy) is 1. The molecule has 9 heteroatoms. The number of aromatic nitrogens is 5. The number of hydrogen-bond acceptors (Lipinski definition) is 7. The van der Waals surface area contributed by atoms with Gasteiger partial charge in [-0.25, -0.2) is 19.3 Å². The van der Waals surface area contributed by atoms with Gasteiger partial charge in [-0.1, -0.05) is 26.0 Å². The van der Waals surface area contributed by atoms with E-state index < -0.39 is 0 Å². The molecular formula is C28H31N7O2. The Labute approximate surface area is 215 Å². The van der Waals surface area contributed by atoms with E-state index in [9.17, 15) is 4.79 Å². The molecule has 1 aromatic carbocycles. The predicted octanol–water partition coefficient (Wildman–Crippen LogP) is 3.97. The maximum Gasteiger partial charge on any atom is 0.278 e. The van der Waals surface area contributed by atoms with Crippen LogP contribution in [0, 0.1) is 0 Å². The van der Waals surface area contributed by atoms with Gasteiger partial charge in [-0.15, -0.1) is 6.58 Å². The van der Waals surface area contributed by atoms with Gasteiger partial charge in [0.15, 0.2) is 11.5 Å². The van der Waals surface area contributed by atoms with Crippen molar-refractivity contribution < 1.29 is 4.74 Å². The fourth-order valence-electron chi connectivity index (χ4n) is 5.26. The van der Waals surface area contributed by atoms with Crippen LogP contribution >= 0.6 is 0 Å². The van der Waals surface area contributed by atoms with Crippen LogP contribution in [-0.4, -0.2) is 50.6 Å². The monoisotopic (exact) mass is 497 g/mol. The number of aryl methyl sites for hydroxylation is 1. The molecule has 1 aliphatic heterocycles. The molecule has 3 aromatic heterocycles. The fourth-order valence-corrected chi connectivity index (χ4v) is 5.26. The van der Waals surface area contributed by atoms with Crippen LogP contribution in [0.3, 0.4) is 0 Å². The van der Waals surface area contributed by atoms with Gasteiger partial charge in [0.25, 0.3) is 5.56 Å². The molecule has 0 saturated carbocycles. The first-order chi connectivity index (χ1) is 17.9. The number of benzene rings is 1. The van der Waals surface area contributed by atoms with Crippen LogP contribution in [0.25, 0.3) is 16.9 Å². The lowest BCUT2D eigenvalue weighted by Gasteiger charge is -2.28. The zero-order valence-corrected chi connectivity index (χ0v) is 21.3. The highest BCUT2D eigenvalue weighted by Crippen LogP contribution is 2.37. The van der Waals surface area contributed by atoms with Crippen LogP contribution in [0.15, 0.2) is 60.0 Å². The van der Waals surface area contributed by atoms with E-state index in [4.69, 9.17) is 14.7 Å². The summed E-state index contributed by atoms with van der Waals surface area (Å²) in [5.74, 6) is 1.08. The van der Waals surface area contributed by atoms with E-state index in [2.05, 4.69) is 53.8 Å². The molecule has 9 nitrogen and oxygen atoms in total. The Kier molecular flexibility index (Phi) is 5.79. The number of fused-ring (bicyclic) bond motifs is 2. The Balaban J connectivity index is 1.38. The predicted molar refractivity (Wildman–Crippen MR) is 145 cm³/mol. The van der Waals surface area contributed by atoms with Crippen molar-refractivity contribution in [3.63, 3.8) is 0 Å². The Bertz CT molecular complexity index is 1530. The molecule has 4 heterocycles. The third-order valence-electron chi connectivity index (χ3n) is 7.32. The SMILES string of the molecule is C=CCn1c(=O)c2cnc(Nc3ccc(N4CCOCC4)cc3)nc2n1-c1ccc2c(n1)C(C)(C)CC2. The van der Waals surface area contributed by atoms with Crippen molar-refractivity contribution in [1.29, 1.82) is 0 Å². The highest BCUT2D eigenvalue weighted by molar-refractivity contribution is 5.77. The lowest BCUT2D eigenvalue weighted by atomic mass is 9.90. The third kappa shape index (κ3) is 4.19. The quantitative estimate of drug-likeness (QED) is 0.403. The molecule has 2 aliphatic rings. The maximum atomic E-state index is 13.3. The lowest BCUT2D eigenvalue weighted by molar-refractivity contribution is 0.122. The molecule has 4 aromatic rings. The number of pyridine rings is 1. The molecule has 0 bridgehead atoms. The van der Waals surface area contributed by atoms with E-state index in [-0.39, 0.29) is 11.0 Å². The highest BCUT2D eigenvalue weighted by atomic mass is 16.5. The standard InChI is InChI=1S/C28H31N7O2/c1-4-13-34-26(36)22-18-29-27(30-20-6-8-21(9-7-20)33-14-16-37-17-15-33)32-25(22)35(34)23-10-5-19-11-12-28(2,3)24(19)31-23/h4-10,18H,1,11-17H2,2-3H3,(H,29,30,32). The summed E-state index contributed by atoms with van der Waals surface area (Å²) in [6.45, 7) is 11.9. The van der Waals surface area contributed by atoms with E-state index in [0.717, 1.165) is 56.2 Å². The van der Waals surface area contributed by atoms with E-state index in [1.165, 1.54) is 5.56 Å². The summed E-state index contributed by atoms with van der Waals surface area (Å²) in [6.07, 6.45) is 5.37. The van der Waals surface area contributed by atoms with Gasteiger partial charge in [0.05, 0.1) is 25.5 Å². The summed E-state index contributed by atoms with van der Waals surface area (Å²) in [7, 11) is 0. The van der Waals surface area contributed by atoms with E-state index in [1.807, 2.05) is 18.2 Å². The largest absolute Gasteiger partial charge is 0.378 e. The fraction of sp³-hybridized carbons (Fsp3) is 0.357. The van der Waals surface area contributed by atoms with Crippen LogP contribution in [0.5, 0.6) is 0 Å². The molecule has 0 atom stereocenters. The average Bonchev–Trinajstić information content (AvgIpc) is 3.37. The van der Waals surface area contributed by atoms with Crippen LogP contribution in [0.4, 0.5) is 17.3 Å². The summed E-state index contributed by atoms with van der Waals surface area (Å²) in [5.41, 5.74) is 4.71. The third-order valence-corrected chi connectivity index (χ3v) is 7.32. The summed E-state index contributed by atoms with van der Waals surface area (Å²) in [6, 6.07) is 12.3. The number of morpholine rings is 1. The summed E-state index contributed by atoms with van der Waals surface area (Å²) >= 11 is 0. The minimum absolute atomic E-state index is 0.00700. The number of rotatable bonds is 6. The van der Waals surface area contributed by atoms with E-state index in [0.29, 0.717) is 29.3 Å². The Morgan fingerprint density at radius 1 is 1.11 bits per heavy atom. The van der Waals surface area contributed by atoms with Crippen molar-refractivity contribution in [2.24, 2.45) is 0 Å². The average molecular weight is 498 g/mol. The van der Waals surface area contributed by atoms with Crippen molar-refractivity contribution in [3.8, 4) is 5.82 Å². The van der Waals surface area contributed by atoms with Crippen molar-refractivity contribution >= 4 is 28.4 Å². The molecule has 6 rings (SSSR count). The molecule has 1 N–H and O–H groups in total. The van der Waals surface area contributed by atoms with Crippen molar-refractivity contribution in [2.45, 2.75) is 38.6 Å². The molecule has 0 spiro atoms. The second-order valence-electron chi connectivity index (χ2n) is 10.3. The van der Waals surface area contributed by atoms with Crippen LogP contribution < -0.4 is 15.8 Å². The Morgan fingerprint density at radius 3 is 2.65 bits per heavy atom. The number of nitrogens with one attached hydrogen (secondary N) is 1. The molecule has 1 saturated heterocycles. The van der Waals surface area contributed by atoms with E-state index >= 15 is 0 Å². The molecular weight excluding hydrogens is 466 g/mol. The molecule has 1 aliphatic carbocycles. The Hall–Kier alpha value is -3.98. The van der Waals surface area contributed by atoms with Crippen LogP contribution in [-0.2, 0) is 23.1 Å². The highest BCUT2D eigenvalue weighted by Gasteiger charge is 2.32. The molecule has 1 fully saturated rings. The van der Waals surface area contributed by atoms with E-state index in [1.54, 1.807) is 21.6 Å². The normalized spacial score (nSPS) is 16.6. The molecule has 190 valence electrons. The van der Waals surface area contributed by atoms with Crippen LogP contribution in [0.1, 0.15) is 31.5 Å². The molecule has 37 heavy (non-hydrogen) atoms. The first kappa shape index (κ1) is 23.4. The van der Waals surface area contributed by atoms with Crippen molar-refractivity contribution in [1.82, 2.24) is 24.3 Å². The van der Waals surface area contributed by atoms with Gasteiger partial charge < -0.3 is 15.0 Å². The Morgan fingerprint density at radius 2 is 1.89 bits per heavy atom. The molecule has 0 radical (unpaired) electrons. The first-order valence-electron chi connectivity index (χ1n) is 12.7. The van der Waals surface area contributed by atoms with Gasteiger partial charge in [0.1, 0.15) is 5.39 Å². The first-order valence-corrected chi connectivity index (χ1v) is 12.7. The number of nitrogens with zero attached hydrogens (tertiary/aromatic N) is 6. The van der Waals surface area contributed by atoms with Gasteiger partial charge in [-0.3, -0.25) is 4.79 Å². The molecule has 0 amide bonds. The summed E-state index contributed by atoms with van der Waals surface area (Å²) in [4.78, 5) is 29.8. The minimum atomic E-state index is -0.169. The van der Waals surface area contributed by atoms with Crippen LogP contribution in [0.2, 0.25) is 0 Å². The van der Waals surface area contributed by atoms with Gasteiger partial charge in [0.2, 0.25) is 5.95 Å². The summed E-state index contributed by atoms with van der Waals surface area (Å²) < 4.78 is 8.86.